The molecule has 3 nitrogen and oxygen atoms in total. The van der Waals surface area contributed by atoms with E-state index in [1.165, 1.54) is 0 Å². The number of hydrogen-bond acceptors (Lipinski definition) is 2. The fourth-order valence-electron chi connectivity index (χ4n) is 1.32. The van der Waals surface area contributed by atoms with Crippen LogP contribution in [0.15, 0.2) is 0 Å². The zero-order chi connectivity index (χ0) is 7.56. The van der Waals surface area contributed by atoms with Crippen molar-refractivity contribution in [1.82, 2.24) is 5.32 Å². The highest BCUT2D eigenvalue weighted by Crippen LogP contribution is 2.17. The predicted octanol–water partition coefficient (Wildman–Crippen LogP) is 0.738. The first-order valence-corrected chi connectivity index (χ1v) is 3.65. The minimum Gasteiger partial charge on any atom is -0.481 e. The number of hydrogen-bond donors (Lipinski definition) is 2. The van der Waals surface area contributed by atoms with E-state index in [2.05, 4.69) is 5.32 Å². The molecule has 1 saturated heterocycles. The van der Waals surface area contributed by atoms with E-state index in [9.17, 15) is 4.79 Å². The van der Waals surface area contributed by atoms with Crippen LogP contribution in [0, 0.1) is 11.8 Å². The molecule has 66 valence electrons. The molecule has 0 spiro atoms. The monoisotopic (exact) mass is 179 g/mol. The molecule has 1 fully saturated rings. The molecule has 1 heterocycles. The Hall–Kier alpha value is -0.280. The Morgan fingerprint density at radius 3 is 2.64 bits per heavy atom. The second kappa shape index (κ2) is 4.57. The average Bonchev–Trinajstić information content (AvgIpc) is 1.88. The number of carboxylic acids is 1. The van der Waals surface area contributed by atoms with E-state index in [1.54, 1.807) is 0 Å². The van der Waals surface area contributed by atoms with Crippen molar-refractivity contribution >= 4 is 18.4 Å². The van der Waals surface area contributed by atoms with Crippen LogP contribution in [0.4, 0.5) is 0 Å². The summed E-state index contributed by atoms with van der Waals surface area (Å²) in [6, 6.07) is 0. The lowest BCUT2D eigenvalue weighted by molar-refractivity contribution is -0.143. The van der Waals surface area contributed by atoms with Gasteiger partial charge in [0.15, 0.2) is 0 Å². The Labute approximate surface area is 72.6 Å². The first-order chi connectivity index (χ1) is 4.72. The highest BCUT2D eigenvalue weighted by Gasteiger charge is 2.26. The Balaban J connectivity index is 0.000001000. The molecule has 2 N–H and O–H groups in total. The number of carbonyl (C=O) groups is 1. The summed E-state index contributed by atoms with van der Waals surface area (Å²) >= 11 is 0. The summed E-state index contributed by atoms with van der Waals surface area (Å²) in [5.74, 6) is -0.507. The lowest BCUT2D eigenvalue weighted by Gasteiger charge is -2.25. The van der Waals surface area contributed by atoms with Gasteiger partial charge in [-0.05, 0) is 18.9 Å². The summed E-state index contributed by atoms with van der Waals surface area (Å²) in [6.45, 7) is 3.60. The summed E-state index contributed by atoms with van der Waals surface area (Å²) in [4.78, 5) is 10.5. The zero-order valence-corrected chi connectivity index (χ0v) is 7.36. The van der Waals surface area contributed by atoms with Crippen LogP contribution in [0.1, 0.15) is 13.3 Å². The van der Waals surface area contributed by atoms with Crippen LogP contribution >= 0.6 is 12.4 Å². The van der Waals surface area contributed by atoms with E-state index < -0.39 is 5.97 Å². The van der Waals surface area contributed by atoms with Crippen LogP contribution in [0.2, 0.25) is 0 Å². The van der Waals surface area contributed by atoms with E-state index in [-0.39, 0.29) is 18.3 Å². The zero-order valence-electron chi connectivity index (χ0n) is 6.54. The first-order valence-electron chi connectivity index (χ1n) is 3.65. The van der Waals surface area contributed by atoms with Crippen molar-refractivity contribution in [3.63, 3.8) is 0 Å². The smallest absolute Gasteiger partial charge is 0.308 e. The van der Waals surface area contributed by atoms with Crippen LogP contribution < -0.4 is 5.32 Å². The van der Waals surface area contributed by atoms with Gasteiger partial charge < -0.3 is 10.4 Å². The summed E-state index contributed by atoms with van der Waals surface area (Å²) in [5, 5.41) is 11.7. The van der Waals surface area contributed by atoms with Gasteiger partial charge in [0.1, 0.15) is 0 Å². The fourth-order valence-corrected chi connectivity index (χ4v) is 1.32. The van der Waals surface area contributed by atoms with Gasteiger partial charge in [0.25, 0.3) is 0 Å². The Kier molecular flexibility index (Phi) is 4.45. The first kappa shape index (κ1) is 10.7. The minimum atomic E-state index is -0.667. The maximum atomic E-state index is 10.5. The number of piperidine rings is 1. The minimum absolute atomic E-state index is 0. The average molecular weight is 180 g/mol. The molecule has 0 aliphatic carbocycles. The lowest BCUT2D eigenvalue weighted by atomic mass is 9.88. The SMILES string of the molecule is CC1CCNCC1C(=O)O.Cl. The van der Waals surface area contributed by atoms with Crippen molar-refractivity contribution < 1.29 is 9.90 Å². The molecule has 2 atom stereocenters. The Bertz CT molecular complexity index is 140. The molecular formula is C7H14ClNO2. The van der Waals surface area contributed by atoms with Crippen LogP contribution in [0.25, 0.3) is 0 Å². The van der Waals surface area contributed by atoms with Crippen LogP contribution in [-0.4, -0.2) is 24.2 Å². The van der Waals surface area contributed by atoms with Gasteiger partial charge in [-0.3, -0.25) is 4.79 Å². The topological polar surface area (TPSA) is 49.3 Å². The number of halogens is 1. The van der Waals surface area contributed by atoms with Gasteiger partial charge in [-0.2, -0.15) is 0 Å². The number of nitrogens with one attached hydrogen (secondary N) is 1. The molecule has 4 heteroatoms. The highest BCUT2D eigenvalue weighted by atomic mass is 35.5. The third-order valence-electron chi connectivity index (χ3n) is 2.14. The van der Waals surface area contributed by atoms with Crippen molar-refractivity contribution in [2.45, 2.75) is 13.3 Å². The molecule has 2 unspecified atom stereocenters. The Morgan fingerprint density at radius 2 is 2.27 bits per heavy atom. The van der Waals surface area contributed by atoms with Crippen LogP contribution in [-0.2, 0) is 4.79 Å². The molecule has 0 aromatic carbocycles. The standard InChI is InChI=1S/C7H13NO2.ClH/c1-5-2-3-8-4-6(5)7(9)10;/h5-6,8H,2-4H2,1H3,(H,9,10);1H. The van der Waals surface area contributed by atoms with E-state index in [0.717, 1.165) is 13.0 Å². The molecule has 0 bridgehead atoms. The van der Waals surface area contributed by atoms with Gasteiger partial charge in [0, 0.05) is 6.54 Å². The summed E-state index contributed by atoms with van der Waals surface area (Å²) in [5.41, 5.74) is 0. The van der Waals surface area contributed by atoms with Crippen LogP contribution in [0.3, 0.4) is 0 Å². The molecule has 0 amide bonds. The van der Waals surface area contributed by atoms with Gasteiger partial charge in [0.05, 0.1) is 5.92 Å². The summed E-state index contributed by atoms with van der Waals surface area (Å²) in [7, 11) is 0. The van der Waals surface area contributed by atoms with Crippen molar-refractivity contribution in [3.05, 3.63) is 0 Å². The third-order valence-corrected chi connectivity index (χ3v) is 2.14. The van der Waals surface area contributed by atoms with Gasteiger partial charge >= 0.3 is 5.97 Å². The molecule has 0 radical (unpaired) electrons. The Morgan fingerprint density at radius 1 is 1.64 bits per heavy atom. The predicted molar refractivity (Wildman–Crippen MR) is 45.0 cm³/mol. The molecule has 0 aromatic heterocycles. The lowest BCUT2D eigenvalue weighted by Crippen LogP contribution is -2.39. The molecule has 0 aromatic rings. The maximum absolute atomic E-state index is 10.5. The molecule has 11 heavy (non-hydrogen) atoms. The van der Waals surface area contributed by atoms with E-state index >= 15 is 0 Å². The van der Waals surface area contributed by atoms with Crippen molar-refractivity contribution in [1.29, 1.82) is 0 Å². The van der Waals surface area contributed by atoms with Crippen LogP contribution in [0.5, 0.6) is 0 Å². The van der Waals surface area contributed by atoms with E-state index in [1.807, 2.05) is 6.92 Å². The quantitative estimate of drug-likeness (QED) is 0.624. The summed E-state index contributed by atoms with van der Waals surface area (Å²) < 4.78 is 0. The van der Waals surface area contributed by atoms with Gasteiger partial charge in [-0.25, -0.2) is 0 Å². The second-order valence-electron chi connectivity index (χ2n) is 2.91. The number of aliphatic carboxylic acids is 1. The van der Waals surface area contributed by atoms with Crippen molar-refractivity contribution in [3.8, 4) is 0 Å². The van der Waals surface area contributed by atoms with Gasteiger partial charge in [0.2, 0.25) is 0 Å². The maximum Gasteiger partial charge on any atom is 0.308 e. The molecule has 1 rings (SSSR count). The van der Waals surface area contributed by atoms with Gasteiger partial charge in [-0.15, -0.1) is 12.4 Å². The molecule has 0 saturated carbocycles. The molecular weight excluding hydrogens is 166 g/mol. The number of rotatable bonds is 1. The van der Waals surface area contributed by atoms with E-state index in [4.69, 9.17) is 5.11 Å². The van der Waals surface area contributed by atoms with E-state index in [0.29, 0.717) is 12.5 Å². The fraction of sp³-hybridized carbons (Fsp3) is 0.857. The highest BCUT2D eigenvalue weighted by molar-refractivity contribution is 5.85. The van der Waals surface area contributed by atoms with Crippen molar-refractivity contribution in [2.75, 3.05) is 13.1 Å². The second-order valence-corrected chi connectivity index (χ2v) is 2.91. The van der Waals surface area contributed by atoms with Gasteiger partial charge in [-0.1, -0.05) is 6.92 Å². The largest absolute Gasteiger partial charge is 0.481 e. The summed E-state index contributed by atoms with van der Waals surface area (Å²) in [6.07, 6.45) is 0.983. The third kappa shape index (κ3) is 2.67. The number of carboxylic acid groups (broad SMARTS) is 1. The molecule has 1 aliphatic heterocycles. The molecule has 1 aliphatic rings. The van der Waals surface area contributed by atoms with Crippen molar-refractivity contribution in [2.24, 2.45) is 11.8 Å². The normalized spacial score (nSPS) is 30.6.